The Kier molecular flexibility index (Phi) is 7.51. The Morgan fingerprint density at radius 3 is 2.25 bits per heavy atom. The van der Waals surface area contributed by atoms with Crippen molar-refractivity contribution in [1.29, 1.82) is 0 Å². The van der Waals surface area contributed by atoms with Crippen LogP contribution in [-0.4, -0.2) is 16.2 Å². The van der Waals surface area contributed by atoms with Gasteiger partial charge in [0.15, 0.2) is 0 Å². The van der Waals surface area contributed by atoms with E-state index in [9.17, 15) is 0 Å². The van der Waals surface area contributed by atoms with E-state index in [0.717, 1.165) is 12.5 Å². The van der Waals surface area contributed by atoms with Gasteiger partial charge in [0.1, 0.15) is 0 Å². The smallest absolute Gasteiger partial charge is 0.0946 e. The summed E-state index contributed by atoms with van der Waals surface area (Å²) in [6.07, 6.45) is 5.36. The minimum absolute atomic E-state index is 0.500. The van der Waals surface area contributed by atoms with Crippen LogP contribution in [0.1, 0.15) is 34.6 Å². The highest BCUT2D eigenvalue weighted by Crippen LogP contribution is 2.23. The third kappa shape index (κ3) is 7.77. The Labute approximate surface area is 105 Å². The van der Waals surface area contributed by atoms with Gasteiger partial charge >= 0.3 is 0 Å². The number of hydrogen-bond acceptors (Lipinski definition) is 3. The van der Waals surface area contributed by atoms with Crippen LogP contribution in [0.2, 0.25) is 0 Å². The van der Waals surface area contributed by atoms with Crippen LogP contribution >= 0.6 is 12.9 Å². The van der Waals surface area contributed by atoms with Crippen LogP contribution in [-0.2, 0) is 10.7 Å². The molecule has 1 rings (SSSR count). The van der Waals surface area contributed by atoms with Gasteiger partial charge in [-0.1, -0.05) is 34.6 Å². The molecule has 0 radical (unpaired) electrons. The SMILES string of the molecule is CC(C)C(C)(C)C.SOCCn1ccnc1. The first-order valence-corrected chi connectivity index (χ1v) is 5.96. The maximum atomic E-state index is 4.56. The molecule has 3 nitrogen and oxygen atoms in total. The Morgan fingerprint density at radius 1 is 1.38 bits per heavy atom. The number of thiol groups is 1. The van der Waals surface area contributed by atoms with Gasteiger partial charge in [0.05, 0.1) is 12.9 Å². The van der Waals surface area contributed by atoms with Gasteiger partial charge in [0, 0.05) is 18.9 Å². The monoisotopic (exact) mass is 244 g/mol. The van der Waals surface area contributed by atoms with Crippen LogP contribution < -0.4 is 0 Å². The van der Waals surface area contributed by atoms with Crippen molar-refractivity contribution in [3.63, 3.8) is 0 Å². The number of nitrogens with zero attached hydrogens (tertiary/aromatic N) is 2. The molecule has 0 N–H and O–H groups in total. The zero-order valence-electron chi connectivity index (χ0n) is 11.0. The van der Waals surface area contributed by atoms with Crippen LogP contribution in [0.15, 0.2) is 18.7 Å². The second kappa shape index (κ2) is 7.74. The van der Waals surface area contributed by atoms with Gasteiger partial charge in [-0.3, -0.25) is 0 Å². The third-order valence-corrected chi connectivity index (χ3v) is 2.91. The zero-order chi connectivity index (χ0) is 12.6. The predicted octanol–water partition coefficient (Wildman–Crippen LogP) is 3.43. The van der Waals surface area contributed by atoms with Crippen LogP contribution in [0.5, 0.6) is 0 Å². The summed E-state index contributed by atoms with van der Waals surface area (Å²) >= 11 is 3.60. The fraction of sp³-hybridized carbons (Fsp3) is 0.750. The lowest BCUT2D eigenvalue weighted by Crippen LogP contribution is -2.12. The molecule has 0 aromatic carbocycles. The molecule has 0 atom stereocenters. The van der Waals surface area contributed by atoms with Crippen molar-refractivity contribution in [2.45, 2.75) is 41.2 Å². The first-order valence-electron chi connectivity index (χ1n) is 5.60. The van der Waals surface area contributed by atoms with Crippen LogP contribution in [0.25, 0.3) is 0 Å². The van der Waals surface area contributed by atoms with E-state index in [4.69, 9.17) is 0 Å². The molecule has 0 saturated carbocycles. The number of rotatable bonds is 3. The average molecular weight is 244 g/mol. The summed E-state index contributed by atoms with van der Waals surface area (Å²) in [4.78, 5) is 3.86. The van der Waals surface area contributed by atoms with Gasteiger partial charge in [-0.2, -0.15) is 0 Å². The lowest BCUT2D eigenvalue weighted by Gasteiger charge is -2.22. The highest BCUT2D eigenvalue weighted by molar-refractivity contribution is 7.75. The fourth-order valence-electron chi connectivity index (χ4n) is 0.565. The van der Waals surface area contributed by atoms with Gasteiger partial charge in [-0.25, -0.2) is 4.98 Å². The molecule has 0 saturated heterocycles. The summed E-state index contributed by atoms with van der Waals surface area (Å²) in [5.74, 6) is 0.799. The molecular weight excluding hydrogens is 220 g/mol. The molecular formula is C12H24N2OS. The van der Waals surface area contributed by atoms with E-state index in [1.54, 1.807) is 12.5 Å². The van der Waals surface area contributed by atoms with Gasteiger partial charge in [0.25, 0.3) is 0 Å². The summed E-state index contributed by atoms with van der Waals surface area (Å²) in [6.45, 7) is 12.7. The van der Waals surface area contributed by atoms with Gasteiger partial charge in [0.2, 0.25) is 0 Å². The molecule has 16 heavy (non-hydrogen) atoms. The van der Waals surface area contributed by atoms with Gasteiger partial charge in [-0.05, 0) is 24.2 Å². The quantitative estimate of drug-likeness (QED) is 0.651. The maximum absolute atomic E-state index is 4.56. The summed E-state index contributed by atoms with van der Waals surface area (Å²) in [5.41, 5.74) is 0.500. The molecule has 4 heteroatoms. The Bertz CT molecular complexity index is 252. The highest BCUT2D eigenvalue weighted by Gasteiger charge is 2.13. The lowest BCUT2D eigenvalue weighted by molar-refractivity contribution is 0.283. The van der Waals surface area contributed by atoms with Crippen molar-refractivity contribution in [1.82, 2.24) is 9.55 Å². The number of aromatic nitrogens is 2. The molecule has 1 heterocycles. The average Bonchev–Trinajstić information content (AvgIpc) is 2.66. The Balaban J connectivity index is 0.000000293. The summed E-state index contributed by atoms with van der Waals surface area (Å²) in [6, 6.07) is 0. The third-order valence-electron chi connectivity index (χ3n) is 2.73. The molecule has 0 spiro atoms. The Hall–Kier alpha value is -0.480. The normalized spacial score (nSPS) is 11.2. The van der Waals surface area contributed by atoms with Crippen molar-refractivity contribution >= 4 is 12.9 Å². The standard InChI is InChI=1S/C7H16.C5H8N2OS/c1-6(2)7(3,4)5;9-8-4-3-7-2-1-6-5-7/h6H,1-5H3;1-2,5,9H,3-4H2. The van der Waals surface area contributed by atoms with Crippen molar-refractivity contribution in [2.75, 3.05) is 6.61 Å². The van der Waals surface area contributed by atoms with E-state index >= 15 is 0 Å². The molecule has 0 bridgehead atoms. The molecule has 0 amide bonds. The van der Waals surface area contributed by atoms with Crippen LogP contribution in [0.3, 0.4) is 0 Å². The number of hydrogen-bond donors (Lipinski definition) is 1. The fourth-order valence-corrected chi connectivity index (χ4v) is 0.647. The first kappa shape index (κ1) is 15.5. The second-order valence-corrected chi connectivity index (χ2v) is 5.41. The van der Waals surface area contributed by atoms with Crippen molar-refractivity contribution < 1.29 is 4.18 Å². The van der Waals surface area contributed by atoms with Crippen LogP contribution in [0, 0.1) is 11.3 Å². The molecule has 0 fully saturated rings. The summed E-state index contributed by atoms with van der Waals surface area (Å²) in [5, 5.41) is 0. The van der Waals surface area contributed by atoms with E-state index in [2.05, 4.69) is 56.7 Å². The molecule has 0 unspecified atom stereocenters. The molecule has 1 aromatic heterocycles. The lowest BCUT2D eigenvalue weighted by atomic mass is 9.84. The second-order valence-electron chi connectivity index (χ2n) is 5.15. The highest BCUT2D eigenvalue weighted by atomic mass is 32.1. The molecule has 1 aromatic rings. The minimum atomic E-state index is 0.500. The first-order chi connectivity index (χ1) is 7.38. The maximum Gasteiger partial charge on any atom is 0.0946 e. The summed E-state index contributed by atoms with van der Waals surface area (Å²) < 4.78 is 6.49. The van der Waals surface area contributed by atoms with E-state index in [-0.39, 0.29) is 0 Å². The van der Waals surface area contributed by atoms with E-state index in [1.165, 1.54) is 0 Å². The largest absolute Gasteiger partial charge is 0.335 e. The van der Waals surface area contributed by atoms with Gasteiger partial charge < -0.3 is 8.75 Å². The molecule has 94 valence electrons. The molecule has 0 aliphatic carbocycles. The van der Waals surface area contributed by atoms with Crippen molar-refractivity contribution in [3.05, 3.63) is 18.7 Å². The molecule has 0 aliphatic heterocycles. The predicted molar refractivity (Wildman–Crippen MR) is 71.5 cm³/mol. The number of imidazole rings is 1. The summed E-state index contributed by atoms with van der Waals surface area (Å²) in [7, 11) is 0. The van der Waals surface area contributed by atoms with E-state index in [1.807, 2.05) is 10.8 Å². The van der Waals surface area contributed by atoms with Crippen molar-refractivity contribution in [3.8, 4) is 0 Å². The minimum Gasteiger partial charge on any atom is -0.335 e. The van der Waals surface area contributed by atoms with E-state index in [0.29, 0.717) is 12.0 Å². The molecule has 0 aliphatic rings. The topological polar surface area (TPSA) is 27.1 Å². The van der Waals surface area contributed by atoms with Crippen LogP contribution in [0.4, 0.5) is 0 Å². The van der Waals surface area contributed by atoms with Crippen molar-refractivity contribution in [2.24, 2.45) is 11.3 Å². The Morgan fingerprint density at radius 2 is 1.94 bits per heavy atom. The zero-order valence-corrected chi connectivity index (χ0v) is 11.9. The van der Waals surface area contributed by atoms with Gasteiger partial charge in [-0.15, -0.1) is 0 Å². The van der Waals surface area contributed by atoms with E-state index < -0.39 is 0 Å².